The Morgan fingerprint density at radius 1 is 1.18 bits per heavy atom. The van der Waals surface area contributed by atoms with Gasteiger partial charge in [0.2, 0.25) is 0 Å². The van der Waals surface area contributed by atoms with Crippen molar-refractivity contribution in [2.24, 2.45) is 5.92 Å². The van der Waals surface area contributed by atoms with Gasteiger partial charge in [0.05, 0.1) is 13.0 Å². The fraction of sp³-hybridized carbons (Fsp3) is 0.500. The van der Waals surface area contributed by atoms with Crippen molar-refractivity contribution in [1.82, 2.24) is 0 Å². The molecular formula is C14H20O3. The zero-order valence-electron chi connectivity index (χ0n) is 10.5. The maximum absolute atomic E-state index is 11.4. The van der Waals surface area contributed by atoms with Crippen LogP contribution in [0.15, 0.2) is 30.3 Å². The number of hydrogen-bond acceptors (Lipinski definition) is 3. The highest BCUT2D eigenvalue weighted by molar-refractivity contribution is 5.72. The maximum Gasteiger partial charge on any atom is 0.310 e. The molecule has 0 N–H and O–H groups in total. The van der Waals surface area contributed by atoms with Crippen molar-refractivity contribution in [2.75, 3.05) is 19.8 Å². The number of hydrogen-bond donors (Lipinski definition) is 0. The molecule has 0 aliphatic rings. The molecule has 0 heterocycles. The molecular weight excluding hydrogens is 216 g/mol. The van der Waals surface area contributed by atoms with E-state index in [1.807, 2.05) is 30.3 Å². The van der Waals surface area contributed by atoms with E-state index in [0.29, 0.717) is 32.2 Å². The smallest absolute Gasteiger partial charge is 0.310 e. The largest absolute Gasteiger partial charge is 0.463 e. The Labute approximate surface area is 103 Å². The summed E-state index contributed by atoms with van der Waals surface area (Å²) in [6.45, 7) is 5.68. The van der Waals surface area contributed by atoms with Gasteiger partial charge in [0.1, 0.15) is 6.61 Å². The minimum atomic E-state index is -0.204. The molecule has 0 atom stereocenters. The van der Waals surface area contributed by atoms with Gasteiger partial charge in [0.15, 0.2) is 0 Å². The van der Waals surface area contributed by atoms with Crippen molar-refractivity contribution in [3.05, 3.63) is 35.9 Å². The van der Waals surface area contributed by atoms with Gasteiger partial charge >= 0.3 is 5.97 Å². The van der Waals surface area contributed by atoms with E-state index in [1.165, 1.54) is 0 Å². The van der Waals surface area contributed by atoms with Gasteiger partial charge in [0, 0.05) is 6.61 Å². The fourth-order valence-corrected chi connectivity index (χ4v) is 1.35. The average molecular weight is 236 g/mol. The van der Waals surface area contributed by atoms with E-state index >= 15 is 0 Å². The summed E-state index contributed by atoms with van der Waals surface area (Å²) >= 11 is 0. The van der Waals surface area contributed by atoms with E-state index in [1.54, 1.807) is 0 Å². The molecule has 0 saturated heterocycles. The highest BCUT2D eigenvalue weighted by atomic mass is 16.6. The quantitative estimate of drug-likeness (QED) is 0.539. The standard InChI is InChI=1S/C14H20O3/c1-12(2)11-16-8-9-17-14(15)10-13-6-4-3-5-7-13/h3-7,12H,8-11H2,1-2H3. The van der Waals surface area contributed by atoms with E-state index in [4.69, 9.17) is 9.47 Å². The number of benzene rings is 1. The Hall–Kier alpha value is -1.35. The Bertz CT molecular complexity index is 319. The number of rotatable bonds is 7. The Kier molecular flexibility index (Phi) is 6.33. The topological polar surface area (TPSA) is 35.5 Å². The number of carbonyl (C=O) groups is 1. The normalized spacial score (nSPS) is 10.5. The highest BCUT2D eigenvalue weighted by Gasteiger charge is 2.04. The van der Waals surface area contributed by atoms with Gasteiger partial charge in [-0.15, -0.1) is 0 Å². The van der Waals surface area contributed by atoms with Gasteiger partial charge in [-0.1, -0.05) is 44.2 Å². The summed E-state index contributed by atoms with van der Waals surface area (Å²) < 4.78 is 10.4. The Morgan fingerprint density at radius 3 is 2.53 bits per heavy atom. The van der Waals surface area contributed by atoms with Gasteiger partial charge in [-0.3, -0.25) is 4.79 Å². The lowest BCUT2D eigenvalue weighted by Crippen LogP contribution is -2.14. The summed E-state index contributed by atoms with van der Waals surface area (Å²) in [5, 5.41) is 0. The molecule has 0 fully saturated rings. The zero-order valence-corrected chi connectivity index (χ0v) is 10.5. The summed E-state index contributed by atoms with van der Waals surface area (Å²) in [6, 6.07) is 9.57. The maximum atomic E-state index is 11.4. The van der Waals surface area contributed by atoms with Gasteiger partial charge in [0.25, 0.3) is 0 Å². The third-order valence-electron chi connectivity index (χ3n) is 2.13. The van der Waals surface area contributed by atoms with Crippen molar-refractivity contribution >= 4 is 5.97 Å². The zero-order chi connectivity index (χ0) is 12.5. The second-order valence-corrected chi connectivity index (χ2v) is 4.35. The molecule has 0 radical (unpaired) electrons. The first-order valence-electron chi connectivity index (χ1n) is 5.96. The monoisotopic (exact) mass is 236 g/mol. The molecule has 0 aliphatic heterocycles. The van der Waals surface area contributed by atoms with Crippen molar-refractivity contribution < 1.29 is 14.3 Å². The van der Waals surface area contributed by atoms with E-state index < -0.39 is 0 Å². The summed E-state index contributed by atoms with van der Waals surface area (Å²) in [5.74, 6) is 0.305. The molecule has 0 saturated carbocycles. The first-order chi connectivity index (χ1) is 8.18. The molecule has 3 heteroatoms. The molecule has 1 aromatic rings. The molecule has 0 aliphatic carbocycles. The number of ether oxygens (including phenoxy) is 2. The first-order valence-corrected chi connectivity index (χ1v) is 5.96. The predicted octanol–water partition coefficient (Wildman–Crippen LogP) is 2.44. The van der Waals surface area contributed by atoms with Crippen LogP contribution in [0.1, 0.15) is 19.4 Å². The van der Waals surface area contributed by atoms with Crippen molar-refractivity contribution in [3.63, 3.8) is 0 Å². The molecule has 0 aromatic heterocycles. The Balaban J connectivity index is 2.10. The summed E-state index contributed by atoms with van der Waals surface area (Å²) in [7, 11) is 0. The lowest BCUT2D eigenvalue weighted by molar-refractivity contribution is -0.144. The lowest BCUT2D eigenvalue weighted by Gasteiger charge is -2.07. The first kappa shape index (κ1) is 13.7. The van der Waals surface area contributed by atoms with E-state index in [2.05, 4.69) is 13.8 Å². The van der Waals surface area contributed by atoms with Gasteiger partial charge in [-0.25, -0.2) is 0 Å². The minimum Gasteiger partial charge on any atom is -0.463 e. The van der Waals surface area contributed by atoms with Crippen LogP contribution < -0.4 is 0 Å². The van der Waals surface area contributed by atoms with Crippen molar-refractivity contribution in [1.29, 1.82) is 0 Å². The van der Waals surface area contributed by atoms with Crippen molar-refractivity contribution in [3.8, 4) is 0 Å². The number of esters is 1. The summed E-state index contributed by atoms with van der Waals surface area (Å²) in [5.41, 5.74) is 0.973. The fourth-order valence-electron chi connectivity index (χ4n) is 1.35. The predicted molar refractivity (Wildman–Crippen MR) is 66.8 cm³/mol. The van der Waals surface area contributed by atoms with Crippen LogP contribution in [0.4, 0.5) is 0 Å². The van der Waals surface area contributed by atoms with Crippen LogP contribution in [0.5, 0.6) is 0 Å². The SMILES string of the molecule is CC(C)COCCOC(=O)Cc1ccccc1. The molecule has 0 spiro atoms. The van der Waals surface area contributed by atoms with Crippen LogP contribution in [0, 0.1) is 5.92 Å². The molecule has 1 rings (SSSR count). The van der Waals surface area contributed by atoms with Crippen LogP contribution in [0.2, 0.25) is 0 Å². The van der Waals surface area contributed by atoms with Crippen LogP contribution >= 0.6 is 0 Å². The van der Waals surface area contributed by atoms with Gasteiger partial charge in [-0.05, 0) is 11.5 Å². The van der Waals surface area contributed by atoms with E-state index in [9.17, 15) is 4.79 Å². The molecule has 94 valence electrons. The Morgan fingerprint density at radius 2 is 1.88 bits per heavy atom. The second-order valence-electron chi connectivity index (χ2n) is 4.35. The van der Waals surface area contributed by atoms with Gasteiger partial charge < -0.3 is 9.47 Å². The third kappa shape index (κ3) is 6.74. The van der Waals surface area contributed by atoms with Crippen LogP contribution in [0.25, 0.3) is 0 Å². The summed E-state index contributed by atoms with van der Waals surface area (Å²) in [6.07, 6.45) is 0.324. The molecule has 0 unspecified atom stereocenters. The van der Waals surface area contributed by atoms with E-state index in [0.717, 1.165) is 5.56 Å². The number of carbonyl (C=O) groups excluding carboxylic acids is 1. The molecule has 1 aromatic carbocycles. The van der Waals surface area contributed by atoms with Crippen LogP contribution in [-0.4, -0.2) is 25.8 Å². The molecule has 3 nitrogen and oxygen atoms in total. The van der Waals surface area contributed by atoms with Gasteiger partial charge in [-0.2, -0.15) is 0 Å². The second kappa shape index (κ2) is 7.85. The third-order valence-corrected chi connectivity index (χ3v) is 2.13. The average Bonchev–Trinajstić information content (AvgIpc) is 2.29. The van der Waals surface area contributed by atoms with Crippen molar-refractivity contribution in [2.45, 2.75) is 20.3 Å². The van der Waals surface area contributed by atoms with Crippen LogP contribution in [-0.2, 0) is 20.7 Å². The molecule has 0 amide bonds. The highest BCUT2D eigenvalue weighted by Crippen LogP contribution is 2.00. The lowest BCUT2D eigenvalue weighted by atomic mass is 10.2. The molecule has 17 heavy (non-hydrogen) atoms. The summed E-state index contributed by atoms with van der Waals surface area (Å²) in [4.78, 5) is 11.4. The molecule has 0 bridgehead atoms. The van der Waals surface area contributed by atoms with Crippen LogP contribution in [0.3, 0.4) is 0 Å². The van der Waals surface area contributed by atoms with E-state index in [-0.39, 0.29) is 5.97 Å². The minimum absolute atomic E-state index is 0.204.